The minimum atomic E-state index is -0.134. The van der Waals surface area contributed by atoms with Gasteiger partial charge in [-0.15, -0.1) is 11.6 Å². The average molecular weight is 294 g/mol. The molecule has 2 heterocycles. The van der Waals surface area contributed by atoms with Gasteiger partial charge in [0, 0.05) is 12.7 Å². The zero-order chi connectivity index (χ0) is 14.8. The van der Waals surface area contributed by atoms with E-state index < -0.39 is 0 Å². The molecule has 2 aromatic heterocycles. The summed E-state index contributed by atoms with van der Waals surface area (Å²) in [6.45, 7) is 6.86. The molecule has 2 aromatic rings. The van der Waals surface area contributed by atoms with E-state index in [1.54, 1.807) is 10.7 Å². The second-order valence-corrected chi connectivity index (χ2v) is 6.78. The van der Waals surface area contributed by atoms with Crippen LogP contribution in [0.25, 0.3) is 5.52 Å². The van der Waals surface area contributed by atoms with Gasteiger partial charge in [-0.1, -0.05) is 26.8 Å². The van der Waals surface area contributed by atoms with Gasteiger partial charge in [0.15, 0.2) is 0 Å². The van der Waals surface area contributed by atoms with E-state index in [1.165, 1.54) is 0 Å². The molecule has 1 N–H and O–H groups in total. The molecule has 1 unspecified atom stereocenters. The monoisotopic (exact) mass is 293 g/mol. The van der Waals surface area contributed by atoms with Gasteiger partial charge in [0.2, 0.25) is 0 Å². The Morgan fingerprint density at radius 1 is 1.45 bits per heavy atom. The average Bonchev–Trinajstić information content (AvgIpc) is 2.78. The molecule has 108 valence electrons. The van der Waals surface area contributed by atoms with Crippen molar-refractivity contribution in [3.8, 4) is 0 Å². The molecule has 2 rings (SSSR count). The third-order valence-corrected chi connectivity index (χ3v) is 3.30. The fourth-order valence-corrected chi connectivity index (χ4v) is 2.68. The Labute approximate surface area is 124 Å². The molecule has 1 atom stereocenters. The second-order valence-electron chi connectivity index (χ2n) is 6.16. The van der Waals surface area contributed by atoms with Gasteiger partial charge in [-0.2, -0.15) is 5.10 Å². The van der Waals surface area contributed by atoms with Crippen molar-refractivity contribution < 1.29 is 4.79 Å². The van der Waals surface area contributed by atoms with Gasteiger partial charge in [0.1, 0.15) is 0 Å². The van der Waals surface area contributed by atoms with Gasteiger partial charge < -0.3 is 5.32 Å². The number of aromatic nitrogens is 2. The van der Waals surface area contributed by atoms with Gasteiger partial charge >= 0.3 is 0 Å². The number of hydrogen-bond donors (Lipinski definition) is 1. The summed E-state index contributed by atoms with van der Waals surface area (Å²) < 4.78 is 1.68. The van der Waals surface area contributed by atoms with Crippen molar-refractivity contribution in [1.82, 2.24) is 14.9 Å². The first-order valence-electron chi connectivity index (χ1n) is 6.71. The Bertz CT molecular complexity index is 600. The van der Waals surface area contributed by atoms with E-state index in [0.717, 1.165) is 11.9 Å². The van der Waals surface area contributed by atoms with Crippen molar-refractivity contribution in [3.05, 3.63) is 36.2 Å². The SMILES string of the molecule is CC(C)(C)CC(Cl)CNC(=O)c1cnn2ccccc12. The Balaban J connectivity index is 1.99. The zero-order valence-corrected chi connectivity index (χ0v) is 12.8. The van der Waals surface area contributed by atoms with Crippen molar-refractivity contribution in [2.24, 2.45) is 5.41 Å². The molecule has 0 aliphatic heterocycles. The van der Waals surface area contributed by atoms with Crippen LogP contribution in [-0.4, -0.2) is 27.4 Å². The maximum absolute atomic E-state index is 12.2. The standard InChI is InChI=1S/C15H20ClN3O/c1-15(2,3)8-11(16)9-17-14(20)12-10-18-19-7-5-4-6-13(12)19/h4-7,10-11H,8-9H2,1-3H3,(H,17,20). The molecule has 0 saturated heterocycles. The summed E-state index contributed by atoms with van der Waals surface area (Å²) in [5.41, 5.74) is 1.53. The van der Waals surface area contributed by atoms with Crippen LogP contribution in [0.3, 0.4) is 0 Å². The lowest BCUT2D eigenvalue weighted by Gasteiger charge is -2.21. The summed E-state index contributed by atoms with van der Waals surface area (Å²) in [6, 6.07) is 5.63. The van der Waals surface area contributed by atoms with Crippen LogP contribution in [0.15, 0.2) is 30.6 Å². The highest BCUT2D eigenvalue weighted by Gasteiger charge is 2.18. The van der Waals surface area contributed by atoms with E-state index in [0.29, 0.717) is 12.1 Å². The lowest BCUT2D eigenvalue weighted by atomic mass is 9.90. The molecule has 0 aliphatic carbocycles. The van der Waals surface area contributed by atoms with Crippen molar-refractivity contribution in [2.45, 2.75) is 32.6 Å². The molecule has 0 aliphatic rings. The van der Waals surface area contributed by atoms with E-state index >= 15 is 0 Å². The number of nitrogens with one attached hydrogen (secondary N) is 1. The fraction of sp³-hybridized carbons (Fsp3) is 0.467. The van der Waals surface area contributed by atoms with E-state index in [4.69, 9.17) is 11.6 Å². The van der Waals surface area contributed by atoms with Crippen molar-refractivity contribution >= 4 is 23.0 Å². The number of nitrogens with zero attached hydrogens (tertiary/aromatic N) is 2. The first-order valence-corrected chi connectivity index (χ1v) is 7.15. The van der Waals surface area contributed by atoms with Crippen LogP contribution < -0.4 is 5.32 Å². The third-order valence-electron chi connectivity index (χ3n) is 2.99. The van der Waals surface area contributed by atoms with Crippen molar-refractivity contribution in [2.75, 3.05) is 6.54 Å². The van der Waals surface area contributed by atoms with Crippen molar-refractivity contribution in [3.63, 3.8) is 0 Å². The number of hydrogen-bond acceptors (Lipinski definition) is 2. The molecule has 0 spiro atoms. The quantitative estimate of drug-likeness (QED) is 0.881. The Hall–Kier alpha value is -1.55. The number of pyridine rings is 1. The zero-order valence-electron chi connectivity index (χ0n) is 12.1. The number of halogens is 1. The maximum atomic E-state index is 12.2. The van der Waals surface area contributed by atoms with E-state index in [2.05, 4.69) is 31.2 Å². The first kappa shape index (κ1) is 14.9. The summed E-state index contributed by atoms with van der Waals surface area (Å²) in [7, 11) is 0. The Morgan fingerprint density at radius 3 is 2.90 bits per heavy atom. The summed E-state index contributed by atoms with van der Waals surface area (Å²) in [6.07, 6.45) is 4.25. The molecule has 1 amide bonds. The normalized spacial score (nSPS) is 13.4. The number of fused-ring (bicyclic) bond motifs is 1. The fourth-order valence-electron chi connectivity index (χ4n) is 2.14. The first-order chi connectivity index (χ1) is 9.37. The van der Waals surface area contributed by atoms with Crippen LogP contribution in [0.4, 0.5) is 0 Å². The molecule has 0 bridgehead atoms. The van der Waals surface area contributed by atoms with E-state index in [-0.39, 0.29) is 16.7 Å². The Morgan fingerprint density at radius 2 is 2.20 bits per heavy atom. The number of carbonyl (C=O) groups excluding carboxylic acids is 1. The minimum Gasteiger partial charge on any atom is -0.350 e. The highest BCUT2D eigenvalue weighted by molar-refractivity contribution is 6.21. The maximum Gasteiger partial charge on any atom is 0.255 e. The van der Waals surface area contributed by atoms with Crippen molar-refractivity contribution in [1.29, 1.82) is 0 Å². The molecule has 0 fully saturated rings. The summed E-state index contributed by atoms with van der Waals surface area (Å²) in [4.78, 5) is 12.2. The highest BCUT2D eigenvalue weighted by Crippen LogP contribution is 2.23. The number of carbonyl (C=O) groups is 1. The number of alkyl halides is 1. The number of rotatable bonds is 4. The Kier molecular flexibility index (Phi) is 4.33. The van der Waals surface area contributed by atoms with Gasteiger partial charge in [-0.25, -0.2) is 4.52 Å². The summed E-state index contributed by atoms with van der Waals surface area (Å²) in [5, 5.41) is 6.96. The summed E-state index contributed by atoms with van der Waals surface area (Å²) >= 11 is 6.25. The topological polar surface area (TPSA) is 46.4 Å². The predicted molar refractivity (Wildman–Crippen MR) is 81.2 cm³/mol. The molecular weight excluding hydrogens is 274 g/mol. The van der Waals surface area contributed by atoms with Crippen LogP contribution in [0.5, 0.6) is 0 Å². The number of amides is 1. The van der Waals surface area contributed by atoms with Crippen LogP contribution in [0.2, 0.25) is 0 Å². The van der Waals surface area contributed by atoms with Gasteiger partial charge in [0.25, 0.3) is 5.91 Å². The lowest BCUT2D eigenvalue weighted by Crippen LogP contribution is -2.31. The molecule has 20 heavy (non-hydrogen) atoms. The van der Waals surface area contributed by atoms with Gasteiger partial charge in [-0.3, -0.25) is 4.79 Å². The third kappa shape index (κ3) is 3.73. The molecular formula is C15H20ClN3O. The largest absolute Gasteiger partial charge is 0.350 e. The van der Waals surface area contributed by atoms with E-state index in [9.17, 15) is 4.79 Å². The van der Waals surface area contributed by atoms with Crippen LogP contribution in [0.1, 0.15) is 37.6 Å². The molecule has 4 nitrogen and oxygen atoms in total. The van der Waals surface area contributed by atoms with Crippen LogP contribution >= 0.6 is 11.6 Å². The van der Waals surface area contributed by atoms with Gasteiger partial charge in [0.05, 0.1) is 22.7 Å². The predicted octanol–water partition coefficient (Wildman–Crippen LogP) is 3.11. The molecule has 0 aromatic carbocycles. The summed E-state index contributed by atoms with van der Waals surface area (Å²) in [5.74, 6) is -0.134. The van der Waals surface area contributed by atoms with Crippen LogP contribution in [-0.2, 0) is 0 Å². The van der Waals surface area contributed by atoms with Crippen LogP contribution in [0, 0.1) is 5.41 Å². The lowest BCUT2D eigenvalue weighted by molar-refractivity contribution is 0.0953. The van der Waals surface area contributed by atoms with E-state index in [1.807, 2.05) is 24.4 Å². The molecule has 5 heteroatoms. The highest BCUT2D eigenvalue weighted by atomic mass is 35.5. The second kappa shape index (κ2) is 5.83. The minimum absolute atomic E-state index is 0.0687. The molecule has 0 saturated carbocycles. The smallest absolute Gasteiger partial charge is 0.255 e. The van der Waals surface area contributed by atoms with Gasteiger partial charge in [-0.05, 0) is 24.0 Å². The molecule has 0 radical (unpaired) electrons.